The summed E-state index contributed by atoms with van der Waals surface area (Å²) in [6, 6.07) is 14.9. The van der Waals surface area contributed by atoms with Crippen molar-refractivity contribution < 1.29 is 9.18 Å². The minimum Gasteiger partial charge on any atom is -0.294 e. The third-order valence-electron chi connectivity index (χ3n) is 5.97. The van der Waals surface area contributed by atoms with Crippen LogP contribution in [-0.4, -0.2) is 20.4 Å². The molecule has 0 radical (unpaired) electrons. The van der Waals surface area contributed by atoms with Gasteiger partial charge >= 0.3 is 0 Å². The van der Waals surface area contributed by atoms with Crippen LogP contribution >= 0.6 is 0 Å². The van der Waals surface area contributed by atoms with E-state index in [1.165, 1.54) is 23.3 Å². The number of fused-ring (bicyclic) bond motifs is 2. The molecule has 0 bridgehead atoms. The smallest absolute Gasteiger partial charge is 0.166 e. The fraction of sp³-hybridized carbons (Fsp3) is 0.240. The van der Waals surface area contributed by atoms with Crippen molar-refractivity contribution in [3.8, 4) is 11.1 Å². The number of hydrogen-bond acceptors (Lipinski definition) is 3. The molecule has 0 spiro atoms. The van der Waals surface area contributed by atoms with Crippen LogP contribution in [0, 0.1) is 5.82 Å². The summed E-state index contributed by atoms with van der Waals surface area (Å²) in [5.74, 6) is 0.424. The number of hydrogen-bond donors (Lipinski definition) is 0. The number of carbonyl (C=O) groups is 1. The lowest BCUT2D eigenvalue weighted by molar-refractivity contribution is 0.0962. The van der Waals surface area contributed by atoms with Crippen LogP contribution in [0.4, 0.5) is 4.39 Å². The molecule has 0 saturated heterocycles. The Labute approximate surface area is 174 Å². The van der Waals surface area contributed by atoms with Crippen molar-refractivity contribution in [2.75, 3.05) is 0 Å². The first-order valence-electron chi connectivity index (χ1n) is 10.3. The molecule has 4 nitrogen and oxygen atoms in total. The molecule has 5 heteroatoms. The van der Waals surface area contributed by atoms with Crippen molar-refractivity contribution in [2.24, 2.45) is 0 Å². The molecule has 0 saturated carbocycles. The zero-order chi connectivity index (χ0) is 20.8. The second-order valence-corrected chi connectivity index (χ2v) is 8.28. The van der Waals surface area contributed by atoms with E-state index in [-0.39, 0.29) is 17.5 Å². The van der Waals surface area contributed by atoms with Gasteiger partial charge in [0.25, 0.3) is 0 Å². The maximum Gasteiger partial charge on any atom is 0.166 e. The van der Waals surface area contributed by atoms with Gasteiger partial charge in [-0.25, -0.2) is 13.9 Å². The number of carbonyl (C=O) groups excluding carboxylic acids is 1. The summed E-state index contributed by atoms with van der Waals surface area (Å²) in [5, 5.41) is 4.37. The minimum absolute atomic E-state index is 0.0995. The number of nitrogens with zero attached hydrogens (tertiary/aromatic N) is 3. The van der Waals surface area contributed by atoms with Gasteiger partial charge in [-0.1, -0.05) is 50.2 Å². The molecule has 5 rings (SSSR count). The van der Waals surface area contributed by atoms with Crippen molar-refractivity contribution in [3.05, 3.63) is 89.1 Å². The van der Waals surface area contributed by atoms with E-state index in [2.05, 4.69) is 43.2 Å². The average Bonchev–Trinajstić information content (AvgIpc) is 3.16. The van der Waals surface area contributed by atoms with Gasteiger partial charge in [0.1, 0.15) is 5.82 Å². The van der Waals surface area contributed by atoms with E-state index in [0.29, 0.717) is 30.0 Å². The number of rotatable bonds is 3. The summed E-state index contributed by atoms with van der Waals surface area (Å²) < 4.78 is 15.0. The van der Waals surface area contributed by atoms with Gasteiger partial charge in [-0.3, -0.25) is 4.79 Å². The molecule has 1 unspecified atom stereocenters. The summed E-state index contributed by atoms with van der Waals surface area (Å²) in [6.45, 7) is 4.35. The Morgan fingerprint density at radius 2 is 1.73 bits per heavy atom. The summed E-state index contributed by atoms with van der Waals surface area (Å²) in [7, 11) is 0. The van der Waals surface area contributed by atoms with Gasteiger partial charge < -0.3 is 0 Å². The number of aromatic nitrogens is 3. The zero-order valence-corrected chi connectivity index (χ0v) is 17.0. The first-order valence-corrected chi connectivity index (χ1v) is 10.3. The van der Waals surface area contributed by atoms with Gasteiger partial charge in [0.2, 0.25) is 0 Å². The molecule has 150 valence electrons. The summed E-state index contributed by atoms with van der Waals surface area (Å²) in [5.41, 5.74) is 6.28. The quantitative estimate of drug-likeness (QED) is 0.452. The molecular weight excluding hydrogens is 377 g/mol. The first kappa shape index (κ1) is 18.7. The van der Waals surface area contributed by atoms with Crippen LogP contribution in [0.25, 0.3) is 16.8 Å². The van der Waals surface area contributed by atoms with Crippen LogP contribution < -0.4 is 0 Å². The molecular formula is C25H22FN3O. The highest BCUT2D eigenvalue weighted by Crippen LogP contribution is 2.34. The molecule has 4 aromatic rings. The molecule has 0 aliphatic heterocycles. The largest absolute Gasteiger partial charge is 0.294 e. The van der Waals surface area contributed by atoms with Gasteiger partial charge in [-0.05, 0) is 47.1 Å². The van der Waals surface area contributed by atoms with Gasteiger partial charge in [0.05, 0.1) is 17.5 Å². The Morgan fingerprint density at radius 1 is 1.00 bits per heavy atom. The van der Waals surface area contributed by atoms with E-state index in [9.17, 15) is 9.18 Å². The molecule has 1 aliphatic rings. The summed E-state index contributed by atoms with van der Waals surface area (Å²) >= 11 is 0. The molecule has 30 heavy (non-hydrogen) atoms. The predicted molar refractivity (Wildman–Crippen MR) is 114 cm³/mol. The van der Waals surface area contributed by atoms with Crippen molar-refractivity contribution in [1.82, 2.24) is 14.6 Å². The van der Waals surface area contributed by atoms with E-state index in [0.717, 1.165) is 16.8 Å². The molecule has 2 aromatic carbocycles. The molecule has 1 atom stereocenters. The Bertz CT molecular complexity index is 1240. The van der Waals surface area contributed by atoms with Crippen LogP contribution in [0.15, 0.2) is 60.9 Å². The van der Waals surface area contributed by atoms with Crippen LogP contribution in [0.3, 0.4) is 0 Å². The molecule has 1 aliphatic carbocycles. The average molecular weight is 399 g/mol. The molecule has 0 amide bonds. The predicted octanol–water partition coefficient (Wildman–Crippen LogP) is 5.57. The van der Waals surface area contributed by atoms with E-state index >= 15 is 0 Å². The highest BCUT2D eigenvalue weighted by atomic mass is 19.1. The monoisotopic (exact) mass is 399 g/mol. The normalized spacial score (nSPS) is 16.3. The second-order valence-electron chi connectivity index (χ2n) is 8.28. The zero-order valence-electron chi connectivity index (χ0n) is 17.0. The lowest BCUT2D eigenvalue weighted by Crippen LogP contribution is -2.21. The second kappa shape index (κ2) is 7.17. The molecule has 2 aromatic heterocycles. The van der Waals surface area contributed by atoms with Gasteiger partial charge in [0, 0.05) is 18.2 Å². The third kappa shape index (κ3) is 3.20. The summed E-state index contributed by atoms with van der Waals surface area (Å²) in [6.07, 6.45) is 4.69. The molecule has 0 fully saturated rings. The molecule has 2 heterocycles. The number of Topliss-reactive ketones (excluding diaryl/α,β-unsaturated/α-hetero) is 1. The van der Waals surface area contributed by atoms with Crippen molar-refractivity contribution >= 4 is 11.4 Å². The van der Waals surface area contributed by atoms with Crippen molar-refractivity contribution in [3.63, 3.8) is 0 Å². The van der Waals surface area contributed by atoms with Crippen molar-refractivity contribution in [1.29, 1.82) is 0 Å². The van der Waals surface area contributed by atoms with Gasteiger partial charge in [0.15, 0.2) is 11.4 Å². The lowest BCUT2D eigenvalue weighted by atomic mass is 9.81. The van der Waals surface area contributed by atoms with Crippen LogP contribution in [-0.2, 0) is 6.42 Å². The SMILES string of the molecule is CC(C)c1ccc(C2CC(=O)c3cn4ncc(-c5ccc(F)cc5)c4nc3C2)cc1. The Morgan fingerprint density at radius 3 is 2.43 bits per heavy atom. The van der Waals surface area contributed by atoms with Gasteiger partial charge in [-0.15, -0.1) is 0 Å². The number of ketones is 1. The lowest BCUT2D eigenvalue weighted by Gasteiger charge is -2.23. The van der Waals surface area contributed by atoms with Crippen LogP contribution in [0.1, 0.15) is 59.3 Å². The first-order chi connectivity index (χ1) is 14.5. The topological polar surface area (TPSA) is 47.3 Å². The maximum atomic E-state index is 13.3. The van der Waals surface area contributed by atoms with Crippen LogP contribution in [0.5, 0.6) is 0 Å². The fourth-order valence-corrected chi connectivity index (χ4v) is 4.20. The third-order valence-corrected chi connectivity index (χ3v) is 5.97. The Balaban J connectivity index is 1.53. The number of benzene rings is 2. The standard InChI is InChI=1S/C25H22FN3O/c1-15(2)16-3-5-17(6-4-16)19-11-23-22(24(30)12-19)14-29-25(28-23)21(13-27-29)18-7-9-20(26)10-8-18/h3-10,13-15,19H,11-12H2,1-2H3. The summed E-state index contributed by atoms with van der Waals surface area (Å²) in [4.78, 5) is 17.7. The maximum absolute atomic E-state index is 13.3. The Kier molecular flexibility index (Phi) is 4.46. The van der Waals surface area contributed by atoms with Crippen LogP contribution in [0.2, 0.25) is 0 Å². The van der Waals surface area contributed by atoms with E-state index < -0.39 is 0 Å². The minimum atomic E-state index is -0.280. The van der Waals surface area contributed by atoms with E-state index in [1.54, 1.807) is 29.0 Å². The highest BCUT2D eigenvalue weighted by molar-refractivity contribution is 5.99. The molecule has 0 N–H and O–H groups in total. The highest BCUT2D eigenvalue weighted by Gasteiger charge is 2.28. The Hall–Kier alpha value is -3.34. The van der Waals surface area contributed by atoms with E-state index in [1.807, 2.05) is 0 Å². The number of halogens is 1. The van der Waals surface area contributed by atoms with E-state index in [4.69, 9.17) is 4.98 Å². The van der Waals surface area contributed by atoms with Gasteiger partial charge in [-0.2, -0.15) is 5.10 Å². The fourth-order valence-electron chi connectivity index (χ4n) is 4.20. The van der Waals surface area contributed by atoms with Crippen molar-refractivity contribution in [2.45, 2.75) is 38.5 Å².